The molecule has 1 aliphatic rings. The summed E-state index contributed by atoms with van der Waals surface area (Å²) in [5.41, 5.74) is 0. The van der Waals surface area contributed by atoms with Gasteiger partial charge in [-0.3, -0.25) is 14.4 Å². The van der Waals surface area contributed by atoms with Crippen LogP contribution in [0.25, 0.3) is 0 Å². The zero-order chi connectivity index (χ0) is 14.3. The minimum atomic E-state index is -1.10. The van der Waals surface area contributed by atoms with Crippen LogP contribution in [0.15, 0.2) is 0 Å². The summed E-state index contributed by atoms with van der Waals surface area (Å²) >= 11 is 0. The van der Waals surface area contributed by atoms with Crippen molar-refractivity contribution in [3.8, 4) is 0 Å². The summed E-state index contributed by atoms with van der Waals surface area (Å²) in [7, 11) is 0. The van der Waals surface area contributed by atoms with Gasteiger partial charge < -0.3 is 15.7 Å². The third kappa shape index (κ3) is 6.22. The fraction of sp³-hybridized carbons (Fsp3) is 0.769. The van der Waals surface area contributed by atoms with Gasteiger partial charge >= 0.3 is 5.97 Å². The van der Waals surface area contributed by atoms with Gasteiger partial charge in [0, 0.05) is 6.42 Å². The highest BCUT2D eigenvalue weighted by Gasteiger charge is 2.17. The van der Waals surface area contributed by atoms with Crippen molar-refractivity contribution < 1.29 is 19.5 Å². The van der Waals surface area contributed by atoms with E-state index in [1.54, 1.807) is 0 Å². The Kier molecular flexibility index (Phi) is 6.32. The summed E-state index contributed by atoms with van der Waals surface area (Å²) in [6.07, 6.45) is 6.21. The minimum Gasteiger partial charge on any atom is -0.480 e. The topological polar surface area (TPSA) is 95.5 Å². The quantitative estimate of drug-likeness (QED) is 0.633. The van der Waals surface area contributed by atoms with E-state index in [2.05, 4.69) is 10.6 Å². The van der Waals surface area contributed by atoms with Gasteiger partial charge in [-0.15, -0.1) is 0 Å². The second kappa shape index (κ2) is 7.76. The molecule has 1 aliphatic carbocycles. The Hall–Kier alpha value is -1.59. The molecule has 19 heavy (non-hydrogen) atoms. The minimum absolute atomic E-state index is 0.148. The Morgan fingerprint density at radius 3 is 2.42 bits per heavy atom. The van der Waals surface area contributed by atoms with Crippen LogP contribution in [0.2, 0.25) is 0 Å². The summed E-state index contributed by atoms with van der Waals surface area (Å²) in [4.78, 5) is 33.4. The molecule has 2 amide bonds. The molecule has 1 unspecified atom stereocenters. The predicted octanol–water partition coefficient (Wildman–Crippen LogP) is 0.662. The van der Waals surface area contributed by atoms with Crippen molar-refractivity contribution in [2.45, 2.75) is 51.5 Å². The molecule has 0 radical (unpaired) electrons. The van der Waals surface area contributed by atoms with Gasteiger partial charge in [0.25, 0.3) is 0 Å². The Labute approximate surface area is 112 Å². The lowest BCUT2D eigenvalue weighted by Crippen LogP contribution is -2.44. The Morgan fingerprint density at radius 1 is 1.21 bits per heavy atom. The van der Waals surface area contributed by atoms with Gasteiger partial charge in [-0.1, -0.05) is 25.7 Å². The highest BCUT2D eigenvalue weighted by Crippen LogP contribution is 2.28. The standard InChI is InChI=1S/C13H22N2O4/c1-9(13(18)19)15-12(17)8-14-11(16)7-6-10-4-2-3-5-10/h9-10H,2-8H2,1H3,(H,14,16)(H,15,17)(H,18,19). The van der Waals surface area contributed by atoms with Crippen LogP contribution in [0, 0.1) is 5.92 Å². The first-order valence-electron chi connectivity index (χ1n) is 6.78. The molecular formula is C13H22N2O4. The zero-order valence-electron chi connectivity index (χ0n) is 11.3. The van der Waals surface area contributed by atoms with Crippen LogP contribution in [0.1, 0.15) is 45.4 Å². The normalized spacial score (nSPS) is 16.9. The van der Waals surface area contributed by atoms with Crippen LogP contribution in [0.4, 0.5) is 0 Å². The van der Waals surface area contributed by atoms with E-state index in [-0.39, 0.29) is 12.5 Å². The zero-order valence-corrected chi connectivity index (χ0v) is 11.3. The second-order valence-electron chi connectivity index (χ2n) is 5.09. The average Bonchev–Trinajstić information content (AvgIpc) is 2.86. The van der Waals surface area contributed by atoms with E-state index < -0.39 is 17.9 Å². The lowest BCUT2D eigenvalue weighted by atomic mass is 10.0. The molecule has 0 aromatic carbocycles. The second-order valence-corrected chi connectivity index (χ2v) is 5.09. The van der Waals surface area contributed by atoms with Gasteiger partial charge in [-0.25, -0.2) is 0 Å². The first-order chi connectivity index (χ1) is 8.99. The van der Waals surface area contributed by atoms with Crippen LogP contribution in [-0.4, -0.2) is 35.5 Å². The van der Waals surface area contributed by atoms with Gasteiger partial charge in [0.1, 0.15) is 6.04 Å². The lowest BCUT2D eigenvalue weighted by molar-refractivity contribution is -0.141. The number of amides is 2. The maximum atomic E-state index is 11.5. The van der Waals surface area contributed by atoms with Gasteiger partial charge in [0.05, 0.1) is 6.54 Å². The summed E-state index contributed by atoms with van der Waals surface area (Å²) < 4.78 is 0. The van der Waals surface area contributed by atoms with Gasteiger partial charge in [-0.2, -0.15) is 0 Å². The molecule has 0 spiro atoms. The third-order valence-electron chi connectivity index (χ3n) is 3.45. The fourth-order valence-electron chi connectivity index (χ4n) is 2.26. The highest BCUT2D eigenvalue weighted by molar-refractivity contribution is 5.87. The number of carbonyl (C=O) groups excluding carboxylic acids is 2. The molecule has 6 heteroatoms. The van der Waals surface area contributed by atoms with Gasteiger partial charge in [0.15, 0.2) is 0 Å². The van der Waals surface area contributed by atoms with Crippen LogP contribution >= 0.6 is 0 Å². The van der Waals surface area contributed by atoms with Gasteiger partial charge in [0.2, 0.25) is 11.8 Å². The van der Waals surface area contributed by atoms with E-state index in [0.29, 0.717) is 12.3 Å². The fourth-order valence-corrected chi connectivity index (χ4v) is 2.26. The average molecular weight is 270 g/mol. The van der Waals surface area contributed by atoms with E-state index in [1.165, 1.54) is 32.6 Å². The van der Waals surface area contributed by atoms with Crippen molar-refractivity contribution in [2.24, 2.45) is 5.92 Å². The molecule has 0 aromatic rings. The smallest absolute Gasteiger partial charge is 0.325 e. The molecule has 0 saturated heterocycles. The number of carbonyl (C=O) groups is 3. The van der Waals surface area contributed by atoms with Crippen LogP contribution in [0.5, 0.6) is 0 Å². The van der Waals surface area contributed by atoms with Crippen LogP contribution < -0.4 is 10.6 Å². The van der Waals surface area contributed by atoms with E-state index >= 15 is 0 Å². The number of carboxylic acids is 1. The van der Waals surface area contributed by atoms with E-state index in [4.69, 9.17) is 5.11 Å². The summed E-state index contributed by atoms with van der Waals surface area (Å²) in [6, 6.07) is -0.942. The number of nitrogens with one attached hydrogen (secondary N) is 2. The summed E-state index contributed by atoms with van der Waals surface area (Å²) in [5, 5.41) is 13.4. The molecule has 6 nitrogen and oxygen atoms in total. The molecule has 0 aliphatic heterocycles. The largest absolute Gasteiger partial charge is 0.480 e. The summed E-state index contributed by atoms with van der Waals surface area (Å²) in [5.74, 6) is -1.08. The van der Waals surface area contributed by atoms with Crippen molar-refractivity contribution in [3.05, 3.63) is 0 Å². The molecule has 1 atom stereocenters. The maximum Gasteiger partial charge on any atom is 0.325 e. The Balaban J connectivity index is 2.11. The van der Waals surface area contributed by atoms with Crippen LogP contribution in [-0.2, 0) is 14.4 Å². The van der Waals surface area contributed by atoms with Gasteiger partial charge in [-0.05, 0) is 19.3 Å². The van der Waals surface area contributed by atoms with E-state index in [0.717, 1.165) is 6.42 Å². The first kappa shape index (κ1) is 15.5. The summed E-state index contributed by atoms with van der Waals surface area (Å²) in [6.45, 7) is 1.21. The number of aliphatic carboxylic acids is 1. The van der Waals surface area contributed by atoms with Crippen LogP contribution in [0.3, 0.4) is 0 Å². The SMILES string of the molecule is CC(NC(=O)CNC(=O)CCC1CCCC1)C(=O)O. The van der Waals surface area contributed by atoms with Crippen molar-refractivity contribution in [2.75, 3.05) is 6.54 Å². The molecule has 108 valence electrons. The third-order valence-corrected chi connectivity index (χ3v) is 3.45. The molecule has 1 saturated carbocycles. The molecule has 0 heterocycles. The highest BCUT2D eigenvalue weighted by atomic mass is 16.4. The molecule has 3 N–H and O–H groups in total. The predicted molar refractivity (Wildman–Crippen MR) is 69.4 cm³/mol. The van der Waals surface area contributed by atoms with Crippen molar-refractivity contribution >= 4 is 17.8 Å². The Morgan fingerprint density at radius 2 is 1.84 bits per heavy atom. The molecular weight excluding hydrogens is 248 g/mol. The molecule has 1 rings (SSSR count). The monoisotopic (exact) mass is 270 g/mol. The van der Waals surface area contributed by atoms with Crippen molar-refractivity contribution in [1.82, 2.24) is 10.6 Å². The first-order valence-corrected chi connectivity index (χ1v) is 6.78. The lowest BCUT2D eigenvalue weighted by Gasteiger charge is -2.11. The number of carboxylic acid groups (broad SMARTS) is 1. The van der Waals surface area contributed by atoms with E-state index in [9.17, 15) is 14.4 Å². The molecule has 1 fully saturated rings. The van der Waals surface area contributed by atoms with Crippen molar-refractivity contribution in [1.29, 1.82) is 0 Å². The molecule has 0 bridgehead atoms. The van der Waals surface area contributed by atoms with Crippen molar-refractivity contribution in [3.63, 3.8) is 0 Å². The Bertz CT molecular complexity index is 338. The number of hydrogen-bond donors (Lipinski definition) is 3. The number of hydrogen-bond acceptors (Lipinski definition) is 3. The van der Waals surface area contributed by atoms with E-state index in [1.807, 2.05) is 0 Å². The molecule has 0 aromatic heterocycles. The maximum absolute atomic E-state index is 11.5. The number of rotatable bonds is 7.